The van der Waals surface area contributed by atoms with Crippen molar-refractivity contribution in [2.45, 2.75) is 27.2 Å². The van der Waals surface area contributed by atoms with Crippen LogP contribution in [0.2, 0.25) is 0 Å². The lowest BCUT2D eigenvalue weighted by atomic mass is 9.92. The van der Waals surface area contributed by atoms with E-state index >= 15 is 0 Å². The summed E-state index contributed by atoms with van der Waals surface area (Å²) in [5.41, 5.74) is 8.56. The average molecular weight is 644 g/mol. The Labute approximate surface area is 293 Å². The molecule has 0 aliphatic heterocycles. The molecular formula is C47H37N3. The minimum absolute atomic E-state index is 0.571. The molecule has 0 N–H and O–H groups in total. The van der Waals surface area contributed by atoms with Crippen LogP contribution < -0.4 is 0 Å². The van der Waals surface area contributed by atoms with Crippen molar-refractivity contribution in [2.24, 2.45) is 0 Å². The van der Waals surface area contributed by atoms with Crippen LogP contribution in [0, 0.1) is 6.92 Å². The lowest BCUT2D eigenvalue weighted by Gasteiger charge is -2.15. The van der Waals surface area contributed by atoms with Gasteiger partial charge >= 0.3 is 0 Å². The number of benzene rings is 6. The van der Waals surface area contributed by atoms with Crippen molar-refractivity contribution in [3.63, 3.8) is 0 Å². The maximum Gasteiger partial charge on any atom is 0.133 e. The van der Waals surface area contributed by atoms with Gasteiger partial charge in [-0.1, -0.05) is 127 Å². The number of hydrogen-bond acceptors (Lipinski definition) is 3. The van der Waals surface area contributed by atoms with E-state index < -0.39 is 0 Å². The lowest BCUT2D eigenvalue weighted by Crippen LogP contribution is -2.00. The highest BCUT2D eigenvalue weighted by Gasteiger charge is 2.16. The van der Waals surface area contributed by atoms with E-state index in [0.29, 0.717) is 6.42 Å². The van der Waals surface area contributed by atoms with Crippen LogP contribution in [-0.2, 0) is 6.42 Å². The van der Waals surface area contributed by atoms with Gasteiger partial charge in [0.2, 0.25) is 0 Å². The third kappa shape index (κ3) is 5.67. The minimum atomic E-state index is 0.571. The molecule has 2 heterocycles. The standard InChI is InChI=1S/C47H37N3/c1-4-15-35-31(3)28-42(40-23-12-10-21-38(35)40)44-30-45(43-29-34-17-7-8-19-36(34)39-22-11-13-24-41(39)43)50-46(49-44)25-14-18-32(5-2)47-37-20-9-6-16-33(37)26-27-48-47/h4-24,26-30H,25H2,1-3H3/b15-4-,18-14-,32-5+. The predicted octanol–water partition coefficient (Wildman–Crippen LogP) is 12.4. The molecule has 3 heteroatoms. The van der Waals surface area contributed by atoms with E-state index in [1.165, 1.54) is 48.8 Å². The van der Waals surface area contributed by atoms with Gasteiger partial charge in [-0.3, -0.25) is 4.98 Å². The highest BCUT2D eigenvalue weighted by atomic mass is 14.9. The summed E-state index contributed by atoms with van der Waals surface area (Å²) in [7, 11) is 0. The summed E-state index contributed by atoms with van der Waals surface area (Å²) in [5.74, 6) is 0.770. The molecular weight excluding hydrogens is 607 g/mol. The number of aryl methyl sites for hydroxylation is 1. The summed E-state index contributed by atoms with van der Waals surface area (Å²) in [6.07, 6.45) is 13.2. The molecule has 0 aliphatic carbocycles. The van der Waals surface area contributed by atoms with E-state index in [9.17, 15) is 0 Å². The second-order valence-corrected chi connectivity index (χ2v) is 12.7. The molecule has 2 aromatic heterocycles. The second kappa shape index (κ2) is 13.4. The van der Waals surface area contributed by atoms with Crippen LogP contribution >= 0.6 is 0 Å². The smallest absolute Gasteiger partial charge is 0.133 e. The molecule has 0 saturated carbocycles. The quantitative estimate of drug-likeness (QED) is 0.128. The summed E-state index contributed by atoms with van der Waals surface area (Å²) in [6, 6.07) is 43.1. The van der Waals surface area contributed by atoms with Crippen molar-refractivity contribution < 1.29 is 0 Å². The van der Waals surface area contributed by atoms with Crippen LogP contribution in [0.3, 0.4) is 0 Å². The zero-order chi connectivity index (χ0) is 34.0. The second-order valence-electron chi connectivity index (χ2n) is 12.7. The summed E-state index contributed by atoms with van der Waals surface area (Å²) in [4.78, 5) is 15.3. The SMILES string of the molecule is C/C=C\c1c(C)cc(-c2cc(-c3cc4ccccc4c4ccccc34)nc(C/C=C\C(=C/C)c3nccc4ccccc34)n2)c2ccccc12. The van der Waals surface area contributed by atoms with Crippen LogP contribution in [0.5, 0.6) is 0 Å². The molecule has 6 aromatic carbocycles. The predicted molar refractivity (Wildman–Crippen MR) is 213 cm³/mol. The zero-order valence-corrected chi connectivity index (χ0v) is 28.6. The van der Waals surface area contributed by atoms with E-state index in [-0.39, 0.29) is 0 Å². The number of aromatic nitrogens is 3. The number of pyridine rings is 1. The van der Waals surface area contributed by atoms with Gasteiger partial charge in [0, 0.05) is 29.1 Å². The Bertz CT molecular complexity index is 2650. The van der Waals surface area contributed by atoms with E-state index in [1.807, 2.05) is 6.20 Å². The van der Waals surface area contributed by atoms with Crippen LogP contribution in [-0.4, -0.2) is 15.0 Å². The van der Waals surface area contributed by atoms with Crippen LogP contribution in [0.25, 0.3) is 77.3 Å². The van der Waals surface area contributed by atoms with Crippen molar-refractivity contribution >= 4 is 54.7 Å². The van der Waals surface area contributed by atoms with E-state index in [0.717, 1.165) is 45.0 Å². The van der Waals surface area contributed by atoms with Crippen molar-refractivity contribution in [3.8, 4) is 22.5 Å². The topological polar surface area (TPSA) is 38.7 Å². The van der Waals surface area contributed by atoms with Gasteiger partial charge in [0.15, 0.2) is 0 Å². The molecule has 0 aliphatic rings. The van der Waals surface area contributed by atoms with Crippen molar-refractivity contribution in [3.05, 3.63) is 174 Å². The first-order valence-corrected chi connectivity index (χ1v) is 17.2. The van der Waals surface area contributed by atoms with Gasteiger partial charge in [-0.05, 0) is 99.4 Å². The molecule has 0 radical (unpaired) electrons. The highest BCUT2D eigenvalue weighted by molar-refractivity contribution is 6.13. The number of rotatable bonds is 7. The van der Waals surface area contributed by atoms with E-state index in [4.69, 9.17) is 15.0 Å². The Morgan fingerprint density at radius 2 is 1.20 bits per heavy atom. The molecule has 0 atom stereocenters. The molecule has 240 valence electrons. The van der Waals surface area contributed by atoms with Gasteiger partial charge in [0.05, 0.1) is 17.1 Å². The largest absolute Gasteiger partial charge is 0.256 e. The fraction of sp³-hybridized carbons (Fsp3) is 0.0851. The number of hydrogen-bond donors (Lipinski definition) is 0. The molecule has 0 bridgehead atoms. The molecule has 8 rings (SSSR count). The molecule has 0 amide bonds. The molecule has 3 nitrogen and oxygen atoms in total. The van der Waals surface area contributed by atoms with Gasteiger partial charge in [0.1, 0.15) is 5.82 Å². The minimum Gasteiger partial charge on any atom is -0.256 e. The van der Waals surface area contributed by atoms with Gasteiger partial charge < -0.3 is 0 Å². The van der Waals surface area contributed by atoms with Gasteiger partial charge in [-0.2, -0.15) is 0 Å². The molecule has 8 aromatic rings. The molecule has 0 saturated heterocycles. The summed E-state index contributed by atoms with van der Waals surface area (Å²) in [6.45, 7) is 6.32. The first-order chi connectivity index (χ1) is 24.6. The monoisotopic (exact) mass is 643 g/mol. The zero-order valence-electron chi connectivity index (χ0n) is 28.6. The molecule has 0 spiro atoms. The Morgan fingerprint density at radius 3 is 1.92 bits per heavy atom. The molecule has 50 heavy (non-hydrogen) atoms. The number of allylic oxidation sites excluding steroid dienone is 5. The van der Waals surface area contributed by atoms with Crippen LogP contribution in [0.1, 0.15) is 36.5 Å². The van der Waals surface area contributed by atoms with Gasteiger partial charge in [-0.15, -0.1) is 0 Å². The summed E-state index contributed by atoms with van der Waals surface area (Å²) < 4.78 is 0. The third-order valence-corrected chi connectivity index (χ3v) is 9.57. The Kier molecular flexibility index (Phi) is 8.32. The Balaban J connectivity index is 1.30. The Morgan fingerprint density at radius 1 is 0.600 bits per heavy atom. The third-order valence-electron chi connectivity index (χ3n) is 9.57. The van der Waals surface area contributed by atoms with Gasteiger partial charge in [0.25, 0.3) is 0 Å². The van der Waals surface area contributed by atoms with Crippen LogP contribution in [0.4, 0.5) is 0 Å². The molecule has 0 fully saturated rings. The lowest BCUT2D eigenvalue weighted by molar-refractivity contribution is 0.999. The summed E-state index contributed by atoms with van der Waals surface area (Å²) >= 11 is 0. The number of nitrogens with zero attached hydrogens (tertiary/aromatic N) is 3. The fourth-order valence-corrected chi connectivity index (χ4v) is 7.22. The maximum atomic E-state index is 5.27. The van der Waals surface area contributed by atoms with Gasteiger partial charge in [-0.25, -0.2) is 9.97 Å². The molecule has 0 unspecified atom stereocenters. The maximum absolute atomic E-state index is 5.27. The van der Waals surface area contributed by atoms with Crippen molar-refractivity contribution in [2.75, 3.05) is 0 Å². The average Bonchev–Trinajstić information content (AvgIpc) is 3.17. The van der Waals surface area contributed by atoms with Crippen LogP contribution in [0.15, 0.2) is 152 Å². The first kappa shape index (κ1) is 31.1. The van der Waals surface area contributed by atoms with Crippen molar-refractivity contribution in [1.29, 1.82) is 0 Å². The van der Waals surface area contributed by atoms with E-state index in [1.54, 1.807) is 0 Å². The Hall–Kier alpha value is -6.19. The highest BCUT2D eigenvalue weighted by Crippen LogP contribution is 2.38. The first-order valence-electron chi connectivity index (χ1n) is 17.2. The normalized spacial score (nSPS) is 12.3. The number of fused-ring (bicyclic) bond motifs is 5. The van der Waals surface area contributed by atoms with Crippen molar-refractivity contribution in [1.82, 2.24) is 15.0 Å². The summed E-state index contributed by atoms with van der Waals surface area (Å²) in [5, 5.41) is 9.56. The van der Waals surface area contributed by atoms with E-state index in [2.05, 4.69) is 172 Å². The fourth-order valence-electron chi connectivity index (χ4n) is 7.22.